The van der Waals surface area contributed by atoms with Crippen LogP contribution in [0.5, 0.6) is 0 Å². The molecule has 3 N–H and O–H groups in total. The Morgan fingerprint density at radius 2 is 1.65 bits per heavy atom. The average molecular weight is 555 g/mol. The lowest BCUT2D eigenvalue weighted by Crippen LogP contribution is -2.44. The van der Waals surface area contributed by atoms with E-state index in [9.17, 15) is 9.59 Å². The fourth-order valence-electron chi connectivity index (χ4n) is 5.53. The van der Waals surface area contributed by atoms with Crippen LogP contribution in [0.2, 0.25) is 5.02 Å². The topological polar surface area (TPSA) is 96.5 Å². The fourth-order valence-corrected chi connectivity index (χ4v) is 5.74. The van der Waals surface area contributed by atoms with Crippen LogP contribution in [-0.4, -0.2) is 59.7 Å². The Morgan fingerprint density at radius 3 is 2.38 bits per heavy atom. The highest BCUT2D eigenvalue weighted by atomic mass is 35.5. The molecule has 1 aliphatic carbocycles. The first kappa shape index (κ1) is 26.1. The third-order valence-corrected chi connectivity index (χ3v) is 8.16. The minimum Gasteiger partial charge on any atom is -0.369 e. The Morgan fingerprint density at radius 1 is 0.925 bits per heavy atom. The van der Waals surface area contributed by atoms with Gasteiger partial charge in [0.25, 0.3) is 11.8 Å². The lowest BCUT2D eigenvalue weighted by atomic mass is 9.88. The van der Waals surface area contributed by atoms with E-state index in [1.54, 1.807) is 10.7 Å². The molecule has 0 spiro atoms. The van der Waals surface area contributed by atoms with Crippen molar-refractivity contribution in [3.8, 4) is 16.9 Å². The molecule has 3 aromatic carbocycles. The number of aryl methyl sites for hydroxylation is 2. The minimum absolute atomic E-state index is 0.276. The van der Waals surface area contributed by atoms with Crippen LogP contribution in [0.25, 0.3) is 16.9 Å². The second-order valence-electron chi connectivity index (χ2n) is 10.6. The molecule has 40 heavy (non-hydrogen) atoms. The molecule has 2 heterocycles. The van der Waals surface area contributed by atoms with Crippen molar-refractivity contribution in [1.29, 1.82) is 0 Å². The Labute approximate surface area is 238 Å². The number of hydrogen-bond donors (Lipinski definition) is 2. The number of carbonyl (C=O) groups is 2. The Hall–Kier alpha value is -4.14. The number of amides is 2. The van der Waals surface area contributed by atoms with E-state index < -0.39 is 5.91 Å². The predicted molar refractivity (Wildman–Crippen MR) is 159 cm³/mol. The van der Waals surface area contributed by atoms with Crippen LogP contribution in [-0.2, 0) is 12.8 Å². The summed E-state index contributed by atoms with van der Waals surface area (Å²) >= 11 is 6.49. The maximum absolute atomic E-state index is 13.4. The maximum Gasteiger partial charge on any atom is 0.269 e. The van der Waals surface area contributed by atoms with Crippen molar-refractivity contribution >= 4 is 34.8 Å². The number of hydrogen-bond acceptors (Lipinski definition) is 5. The van der Waals surface area contributed by atoms with E-state index in [1.807, 2.05) is 61.5 Å². The highest BCUT2D eigenvalue weighted by Gasteiger charge is 2.28. The summed E-state index contributed by atoms with van der Waals surface area (Å²) in [7, 11) is 2.11. The predicted octanol–water partition coefficient (Wildman–Crippen LogP) is 4.70. The molecular formula is C31H31ClN6O2. The summed E-state index contributed by atoms with van der Waals surface area (Å²) in [5.41, 5.74) is 13.7. The number of benzene rings is 3. The summed E-state index contributed by atoms with van der Waals surface area (Å²) in [6.45, 7) is 5.76. The number of carbonyl (C=O) groups excluding carboxylic acids is 2. The van der Waals surface area contributed by atoms with Crippen molar-refractivity contribution in [3.05, 3.63) is 93.6 Å². The molecular weight excluding hydrogens is 524 g/mol. The van der Waals surface area contributed by atoms with E-state index in [0.29, 0.717) is 22.7 Å². The van der Waals surface area contributed by atoms with Gasteiger partial charge in [-0.1, -0.05) is 35.4 Å². The first-order valence-corrected chi connectivity index (χ1v) is 13.8. The van der Waals surface area contributed by atoms with E-state index in [-0.39, 0.29) is 11.6 Å². The number of likely N-dealkylation sites (N-methyl/N-ethyl adjacent to an activating group) is 1. The van der Waals surface area contributed by atoms with Gasteiger partial charge in [0.2, 0.25) is 0 Å². The van der Waals surface area contributed by atoms with Gasteiger partial charge in [0.05, 0.1) is 22.0 Å². The Balaban J connectivity index is 1.34. The molecule has 9 heteroatoms. The van der Waals surface area contributed by atoms with E-state index in [0.717, 1.165) is 71.9 Å². The number of rotatable bonds is 5. The molecule has 6 rings (SSSR count). The van der Waals surface area contributed by atoms with Crippen molar-refractivity contribution in [2.24, 2.45) is 5.73 Å². The van der Waals surface area contributed by atoms with Gasteiger partial charge in [-0.2, -0.15) is 5.10 Å². The van der Waals surface area contributed by atoms with Crippen molar-refractivity contribution in [2.75, 3.05) is 43.4 Å². The zero-order chi connectivity index (χ0) is 28.0. The maximum atomic E-state index is 13.4. The lowest BCUT2D eigenvalue weighted by Gasteiger charge is -2.34. The molecule has 204 valence electrons. The molecule has 0 unspecified atom stereocenters. The van der Waals surface area contributed by atoms with Crippen LogP contribution in [0.4, 0.5) is 11.4 Å². The van der Waals surface area contributed by atoms with Crippen LogP contribution in [0, 0.1) is 6.92 Å². The Kier molecular flexibility index (Phi) is 6.82. The summed E-state index contributed by atoms with van der Waals surface area (Å²) in [5, 5.41) is 8.07. The highest BCUT2D eigenvalue weighted by Crippen LogP contribution is 2.38. The smallest absolute Gasteiger partial charge is 0.269 e. The van der Waals surface area contributed by atoms with Gasteiger partial charge in [0.1, 0.15) is 0 Å². The summed E-state index contributed by atoms with van der Waals surface area (Å²) < 4.78 is 1.79. The number of fused-ring (bicyclic) bond motifs is 3. The lowest BCUT2D eigenvalue weighted by molar-refractivity contribution is 0.0992. The van der Waals surface area contributed by atoms with Crippen LogP contribution >= 0.6 is 11.6 Å². The van der Waals surface area contributed by atoms with Gasteiger partial charge in [-0.05, 0) is 74.8 Å². The van der Waals surface area contributed by atoms with E-state index in [1.165, 1.54) is 0 Å². The van der Waals surface area contributed by atoms with Gasteiger partial charge in [-0.3, -0.25) is 9.59 Å². The summed E-state index contributed by atoms with van der Waals surface area (Å²) in [5.74, 6) is -0.827. The molecule has 1 aromatic heterocycles. The molecule has 2 aliphatic rings. The summed E-state index contributed by atoms with van der Waals surface area (Å²) in [6.07, 6.45) is 1.40. The third kappa shape index (κ3) is 4.85. The zero-order valence-electron chi connectivity index (χ0n) is 22.6. The van der Waals surface area contributed by atoms with Crippen molar-refractivity contribution < 1.29 is 9.59 Å². The number of aromatic nitrogens is 2. The molecule has 0 atom stereocenters. The number of primary amides is 1. The second kappa shape index (κ2) is 10.4. The highest BCUT2D eigenvalue weighted by molar-refractivity contribution is 6.34. The first-order valence-electron chi connectivity index (χ1n) is 13.4. The molecule has 2 amide bonds. The van der Waals surface area contributed by atoms with Gasteiger partial charge in [-0.15, -0.1) is 0 Å². The number of nitrogens with one attached hydrogen (secondary N) is 1. The van der Waals surface area contributed by atoms with E-state index >= 15 is 0 Å². The van der Waals surface area contributed by atoms with Gasteiger partial charge >= 0.3 is 0 Å². The van der Waals surface area contributed by atoms with Crippen molar-refractivity contribution in [3.63, 3.8) is 0 Å². The molecule has 0 radical (unpaired) electrons. The number of anilines is 2. The van der Waals surface area contributed by atoms with Gasteiger partial charge < -0.3 is 20.9 Å². The molecule has 8 nitrogen and oxygen atoms in total. The molecule has 1 fully saturated rings. The van der Waals surface area contributed by atoms with Crippen LogP contribution in [0.3, 0.4) is 0 Å². The van der Waals surface area contributed by atoms with Gasteiger partial charge in [-0.25, -0.2) is 4.68 Å². The SMILES string of the molecule is Cc1ccc(-n2nc(C(N)=O)c3c2-c2cc(NC(=O)c4cc(N5CCN(C)CC5)ccc4Cl)ccc2CC3)cc1. The normalized spacial score (nSPS) is 14.9. The largest absolute Gasteiger partial charge is 0.369 e. The quantitative estimate of drug-likeness (QED) is 0.373. The number of nitrogens with zero attached hydrogens (tertiary/aromatic N) is 4. The monoisotopic (exact) mass is 554 g/mol. The van der Waals surface area contributed by atoms with E-state index in [4.69, 9.17) is 17.3 Å². The number of piperazine rings is 1. The molecule has 1 saturated heterocycles. The number of halogens is 1. The van der Waals surface area contributed by atoms with Crippen molar-refractivity contribution in [2.45, 2.75) is 19.8 Å². The number of nitrogens with two attached hydrogens (primary N) is 1. The van der Waals surface area contributed by atoms with Gasteiger partial charge in [0.15, 0.2) is 5.69 Å². The van der Waals surface area contributed by atoms with Gasteiger partial charge in [0, 0.05) is 48.7 Å². The summed E-state index contributed by atoms with van der Waals surface area (Å²) in [4.78, 5) is 30.3. The Bertz CT molecular complexity index is 1620. The van der Waals surface area contributed by atoms with Crippen LogP contribution in [0.1, 0.15) is 37.5 Å². The van der Waals surface area contributed by atoms with E-state index in [2.05, 4.69) is 27.3 Å². The molecule has 4 aromatic rings. The minimum atomic E-state index is -0.551. The van der Waals surface area contributed by atoms with Crippen molar-refractivity contribution in [1.82, 2.24) is 14.7 Å². The molecule has 0 saturated carbocycles. The van der Waals surface area contributed by atoms with Crippen LogP contribution < -0.4 is 16.0 Å². The second-order valence-corrected chi connectivity index (χ2v) is 11.0. The standard InChI is InChI=1S/C31H31ClN6O2/c1-19-3-8-22(9-4-19)38-29-24(28(35-38)30(33)39)11-6-20-5-7-21(17-25(20)29)34-31(40)26-18-23(10-12-27(26)32)37-15-13-36(2)14-16-37/h3-5,7-10,12,17-18H,6,11,13-16H2,1-2H3,(H2,33,39)(H,34,40). The zero-order valence-corrected chi connectivity index (χ0v) is 23.3. The van der Waals surface area contributed by atoms with Crippen LogP contribution in [0.15, 0.2) is 60.7 Å². The molecule has 1 aliphatic heterocycles. The fraction of sp³-hybridized carbons (Fsp3) is 0.258. The average Bonchev–Trinajstić information content (AvgIpc) is 3.35. The first-order chi connectivity index (χ1) is 19.3. The third-order valence-electron chi connectivity index (χ3n) is 7.83. The summed E-state index contributed by atoms with van der Waals surface area (Å²) in [6, 6.07) is 19.5. The molecule has 0 bridgehead atoms.